The first-order chi connectivity index (χ1) is 8.77. The molecule has 104 valence electrons. The normalized spacial score (nSPS) is 30.1. The topological polar surface area (TPSA) is 47.6 Å². The second-order valence-corrected chi connectivity index (χ2v) is 5.57. The zero-order chi connectivity index (χ0) is 12.8. The van der Waals surface area contributed by atoms with Gasteiger partial charge in [-0.05, 0) is 44.6 Å². The van der Waals surface area contributed by atoms with Crippen molar-refractivity contribution in [3.8, 4) is 0 Å². The minimum atomic E-state index is -0.274. The molecule has 1 N–H and O–H groups in total. The van der Waals surface area contributed by atoms with Crippen molar-refractivity contribution in [2.45, 2.75) is 39.0 Å². The van der Waals surface area contributed by atoms with Crippen molar-refractivity contribution >= 4 is 5.97 Å². The molecule has 4 nitrogen and oxygen atoms in total. The Kier molecular flexibility index (Phi) is 5.01. The lowest BCUT2D eigenvalue weighted by molar-refractivity contribution is -0.159. The number of piperidine rings is 1. The van der Waals surface area contributed by atoms with Crippen molar-refractivity contribution in [3.63, 3.8) is 0 Å². The Bertz CT molecular complexity index is 268. The van der Waals surface area contributed by atoms with E-state index < -0.39 is 0 Å². The van der Waals surface area contributed by atoms with Gasteiger partial charge in [0, 0.05) is 19.8 Å². The summed E-state index contributed by atoms with van der Waals surface area (Å²) in [5, 5.41) is 3.32. The standard InChI is InChI=1S/C14H25NO3/c1-2-14(6-3-7-15-11-14)13(16)18-10-12-4-8-17-9-5-12/h12,15H,2-11H2,1H3. The molecule has 2 saturated heterocycles. The lowest BCUT2D eigenvalue weighted by Crippen LogP contribution is -2.46. The van der Waals surface area contributed by atoms with Crippen LogP contribution in [0.3, 0.4) is 0 Å². The molecule has 0 bridgehead atoms. The van der Waals surface area contributed by atoms with Crippen LogP contribution in [0.25, 0.3) is 0 Å². The van der Waals surface area contributed by atoms with Crippen molar-refractivity contribution in [2.24, 2.45) is 11.3 Å². The Labute approximate surface area is 109 Å². The number of hydrogen-bond acceptors (Lipinski definition) is 4. The maximum absolute atomic E-state index is 12.3. The maximum atomic E-state index is 12.3. The number of nitrogens with one attached hydrogen (secondary N) is 1. The van der Waals surface area contributed by atoms with E-state index >= 15 is 0 Å². The van der Waals surface area contributed by atoms with Crippen LogP contribution in [0.1, 0.15) is 39.0 Å². The molecule has 0 aromatic carbocycles. The van der Waals surface area contributed by atoms with E-state index in [0.717, 1.165) is 58.4 Å². The minimum absolute atomic E-state index is 0.00342. The zero-order valence-electron chi connectivity index (χ0n) is 11.4. The number of ether oxygens (including phenoxy) is 2. The van der Waals surface area contributed by atoms with E-state index in [9.17, 15) is 4.79 Å². The number of hydrogen-bond donors (Lipinski definition) is 1. The molecular formula is C14H25NO3. The van der Waals surface area contributed by atoms with Gasteiger partial charge in [-0.15, -0.1) is 0 Å². The number of esters is 1. The van der Waals surface area contributed by atoms with Crippen molar-refractivity contribution in [1.29, 1.82) is 0 Å². The summed E-state index contributed by atoms with van der Waals surface area (Å²) in [6.07, 6.45) is 4.94. The second kappa shape index (κ2) is 6.53. The molecular weight excluding hydrogens is 230 g/mol. The van der Waals surface area contributed by atoms with Gasteiger partial charge in [0.15, 0.2) is 0 Å². The average Bonchev–Trinajstić information content (AvgIpc) is 2.46. The van der Waals surface area contributed by atoms with Gasteiger partial charge in [-0.25, -0.2) is 0 Å². The number of rotatable bonds is 4. The van der Waals surface area contributed by atoms with Crippen LogP contribution in [0, 0.1) is 11.3 Å². The quantitative estimate of drug-likeness (QED) is 0.777. The van der Waals surface area contributed by atoms with Crippen LogP contribution in [0.4, 0.5) is 0 Å². The van der Waals surface area contributed by atoms with Crippen molar-refractivity contribution in [1.82, 2.24) is 5.32 Å². The third-order valence-corrected chi connectivity index (χ3v) is 4.37. The van der Waals surface area contributed by atoms with E-state index in [0.29, 0.717) is 12.5 Å². The molecule has 0 amide bonds. The highest BCUT2D eigenvalue weighted by Crippen LogP contribution is 2.32. The van der Waals surface area contributed by atoms with Crippen molar-refractivity contribution in [2.75, 3.05) is 32.9 Å². The van der Waals surface area contributed by atoms with Crippen LogP contribution in [-0.2, 0) is 14.3 Å². The summed E-state index contributed by atoms with van der Waals surface area (Å²) in [4.78, 5) is 12.3. The molecule has 0 aliphatic carbocycles. The lowest BCUT2D eigenvalue weighted by Gasteiger charge is -2.35. The van der Waals surface area contributed by atoms with Gasteiger partial charge in [0.2, 0.25) is 0 Å². The highest BCUT2D eigenvalue weighted by Gasteiger charge is 2.39. The Hall–Kier alpha value is -0.610. The zero-order valence-corrected chi connectivity index (χ0v) is 11.4. The van der Waals surface area contributed by atoms with E-state index in [2.05, 4.69) is 12.2 Å². The molecule has 4 heteroatoms. The van der Waals surface area contributed by atoms with Gasteiger partial charge in [-0.3, -0.25) is 4.79 Å². The molecule has 2 aliphatic heterocycles. The SMILES string of the molecule is CCC1(C(=O)OCC2CCOCC2)CCCNC1. The summed E-state index contributed by atoms with van der Waals surface area (Å²) in [6.45, 7) is 6.07. The lowest BCUT2D eigenvalue weighted by atomic mass is 9.78. The third kappa shape index (κ3) is 3.23. The van der Waals surface area contributed by atoms with E-state index in [1.807, 2.05) is 0 Å². The maximum Gasteiger partial charge on any atom is 0.313 e. The Morgan fingerprint density at radius 1 is 1.44 bits per heavy atom. The molecule has 1 unspecified atom stereocenters. The van der Waals surface area contributed by atoms with Gasteiger partial charge in [-0.1, -0.05) is 6.92 Å². The second-order valence-electron chi connectivity index (χ2n) is 5.57. The predicted octanol–water partition coefficient (Wildman–Crippen LogP) is 1.74. The summed E-state index contributed by atoms with van der Waals surface area (Å²) in [5.41, 5.74) is -0.274. The first-order valence-electron chi connectivity index (χ1n) is 7.22. The fourth-order valence-electron chi connectivity index (χ4n) is 2.85. The summed E-state index contributed by atoms with van der Waals surface area (Å²) in [7, 11) is 0. The minimum Gasteiger partial charge on any atom is -0.465 e. The average molecular weight is 255 g/mol. The molecule has 2 fully saturated rings. The van der Waals surface area contributed by atoms with Crippen molar-refractivity contribution in [3.05, 3.63) is 0 Å². The summed E-state index contributed by atoms with van der Waals surface area (Å²) < 4.78 is 10.9. The van der Waals surface area contributed by atoms with Crippen LogP contribution < -0.4 is 5.32 Å². The Balaban J connectivity index is 1.81. The number of carbonyl (C=O) groups excluding carboxylic acids is 1. The van der Waals surface area contributed by atoms with E-state index in [4.69, 9.17) is 9.47 Å². The van der Waals surface area contributed by atoms with Crippen LogP contribution in [0.5, 0.6) is 0 Å². The van der Waals surface area contributed by atoms with Crippen LogP contribution >= 0.6 is 0 Å². The molecule has 2 heterocycles. The number of carbonyl (C=O) groups is 1. The van der Waals surface area contributed by atoms with E-state index in [1.54, 1.807) is 0 Å². The largest absolute Gasteiger partial charge is 0.465 e. The Morgan fingerprint density at radius 2 is 2.22 bits per heavy atom. The smallest absolute Gasteiger partial charge is 0.313 e. The van der Waals surface area contributed by atoms with E-state index in [-0.39, 0.29) is 11.4 Å². The molecule has 0 aromatic heterocycles. The summed E-state index contributed by atoms with van der Waals surface area (Å²) in [5.74, 6) is 0.497. The highest BCUT2D eigenvalue weighted by molar-refractivity contribution is 5.77. The summed E-state index contributed by atoms with van der Waals surface area (Å²) in [6, 6.07) is 0. The van der Waals surface area contributed by atoms with Gasteiger partial charge >= 0.3 is 5.97 Å². The first-order valence-corrected chi connectivity index (χ1v) is 7.22. The highest BCUT2D eigenvalue weighted by atomic mass is 16.5. The van der Waals surface area contributed by atoms with Gasteiger partial charge in [0.1, 0.15) is 0 Å². The van der Waals surface area contributed by atoms with Crippen molar-refractivity contribution < 1.29 is 14.3 Å². The fraction of sp³-hybridized carbons (Fsp3) is 0.929. The molecule has 0 aromatic rings. The van der Waals surface area contributed by atoms with Gasteiger partial charge in [0.05, 0.1) is 12.0 Å². The molecule has 0 spiro atoms. The summed E-state index contributed by atoms with van der Waals surface area (Å²) >= 11 is 0. The first kappa shape index (κ1) is 13.8. The molecule has 2 aliphatic rings. The molecule has 2 rings (SSSR count). The molecule has 0 saturated carbocycles. The van der Waals surface area contributed by atoms with Crippen LogP contribution in [-0.4, -0.2) is 38.9 Å². The van der Waals surface area contributed by atoms with Gasteiger partial charge < -0.3 is 14.8 Å². The molecule has 18 heavy (non-hydrogen) atoms. The Morgan fingerprint density at radius 3 is 2.83 bits per heavy atom. The van der Waals surface area contributed by atoms with Crippen LogP contribution in [0.2, 0.25) is 0 Å². The molecule has 0 radical (unpaired) electrons. The fourth-order valence-corrected chi connectivity index (χ4v) is 2.85. The predicted molar refractivity (Wildman–Crippen MR) is 69.3 cm³/mol. The van der Waals surface area contributed by atoms with Gasteiger partial charge in [0.25, 0.3) is 0 Å². The monoisotopic (exact) mass is 255 g/mol. The van der Waals surface area contributed by atoms with E-state index in [1.165, 1.54) is 0 Å². The van der Waals surface area contributed by atoms with Gasteiger partial charge in [-0.2, -0.15) is 0 Å². The van der Waals surface area contributed by atoms with Crippen LogP contribution in [0.15, 0.2) is 0 Å². The third-order valence-electron chi connectivity index (χ3n) is 4.37. The molecule has 1 atom stereocenters.